The van der Waals surface area contributed by atoms with Gasteiger partial charge in [-0.3, -0.25) is 0 Å². The molecule has 0 aliphatic heterocycles. The van der Waals surface area contributed by atoms with Gasteiger partial charge in [-0.15, -0.1) is 11.3 Å². The predicted octanol–water partition coefficient (Wildman–Crippen LogP) is 4.32. The zero-order valence-corrected chi connectivity index (χ0v) is 13.4. The molecule has 1 heterocycles. The summed E-state index contributed by atoms with van der Waals surface area (Å²) in [5, 5.41) is 12.2. The van der Waals surface area contributed by atoms with E-state index in [-0.39, 0.29) is 10.0 Å². The van der Waals surface area contributed by atoms with Crippen LogP contribution in [0, 0.1) is 12.7 Å². The van der Waals surface area contributed by atoms with Crippen LogP contribution >= 0.6 is 38.9 Å². The van der Waals surface area contributed by atoms with Gasteiger partial charge < -0.3 is 10.4 Å². The number of halogens is 3. The molecule has 0 bridgehead atoms. The highest BCUT2D eigenvalue weighted by Crippen LogP contribution is 2.32. The van der Waals surface area contributed by atoms with Crippen LogP contribution in [0.15, 0.2) is 16.7 Å². The number of thiazole rings is 1. The third-order valence-corrected chi connectivity index (χ3v) is 4.49. The van der Waals surface area contributed by atoms with E-state index in [9.17, 15) is 14.3 Å². The summed E-state index contributed by atoms with van der Waals surface area (Å²) in [6.07, 6.45) is 1.61. The average molecular weight is 380 g/mol. The number of carboxylic acids is 1. The number of aromatic nitrogens is 1. The molecule has 0 radical (unpaired) electrons. The first-order chi connectivity index (χ1) is 9.40. The fraction of sp³-hybridized carbons (Fsp3) is 0.167. The molecule has 0 aliphatic carbocycles. The van der Waals surface area contributed by atoms with Gasteiger partial charge in [-0.25, -0.2) is 14.2 Å². The molecule has 0 spiro atoms. The van der Waals surface area contributed by atoms with Crippen LogP contribution in [0.5, 0.6) is 0 Å². The lowest BCUT2D eigenvalue weighted by Gasteiger charge is -2.14. The van der Waals surface area contributed by atoms with Crippen LogP contribution in [-0.2, 0) is 6.54 Å². The number of hydrogen-bond acceptors (Lipinski definition) is 4. The maximum atomic E-state index is 13.6. The van der Waals surface area contributed by atoms with Gasteiger partial charge in [0.05, 0.1) is 22.3 Å². The normalized spacial score (nSPS) is 10.6. The van der Waals surface area contributed by atoms with Gasteiger partial charge in [-0.1, -0.05) is 11.6 Å². The highest BCUT2D eigenvalue weighted by atomic mass is 79.9. The van der Waals surface area contributed by atoms with E-state index in [0.29, 0.717) is 22.3 Å². The largest absolute Gasteiger partial charge is 0.478 e. The summed E-state index contributed by atoms with van der Waals surface area (Å²) >= 11 is 9.99. The molecule has 2 aromatic rings. The monoisotopic (exact) mass is 378 g/mol. The van der Waals surface area contributed by atoms with E-state index in [2.05, 4.69) is 26.2 Å². The van der Waals surface area contributed by atoms with E-state index in [1.807, 2.05) is 0 Å². The Labute approximate surface area is 131 Å². The van der Waals surface area contributed by atoms with Gasteiger partial charge in [0.25, 0.3) is 0 Å². The first kappa shape index (κ1) is 15.2. The number of nitrogens with one attached hydrogen (secondary N) is 1. The highest BCUT2D eigenvalue weighted by molar-refractivity contribution is 9.10. The van der Waals surface area contributed by atoms with Gasteiger partial charge in [0.15, 0.2) is 4.47 Å². The summed E-state index contributed by atoms with van der Waals surface area (Å²) in [6.45, 7) is 2.01. The van der Waals surface area contributed by atoms with E-state index < -0.39 is 11.8 Å². The summed E-state index contributed by atoms with van der Waals surface area (Å²) in [4.78, 5) is 16.0. The number of nitrogens with zero attached hydrogens (tertiary/aromatic N) is 1. The zero-order chi connectivity index (χ0) is 14.9. The number of carboxylic acid groups (broad SMARTS) is 1. The van der Waals surface area contributed by atoms with E-state index >= 15 is 0 Å². The van der Waals surface area contributed by atoms with E-state index in [1.54, 1.807) is 13.1 Å². The summed E-state index contributed by atoms with van der Waals surface area (Å²) < 4.78 is 13.9. The fourth-order valence-corrected chi connectivity index (χ4v) is 3.12. The van der Waals surface area contributed by atoms with Gasteiger partial charge in [-0.05, 0) is 34.5 Å². The second kappa shape index (κ2) is 6.07. The van der Waals surface area contributed by atoms with Gasteiger partial charge in [0.2, 0.25) is 0 Å². The Hall–Kier alpha value is -1.18. The van der Waals surface area contributed by atoms with Crippen molar-refractivity contribution in [2.75, 3.05) is 5.32 Å². The van der Waals surface area contributed by atoms with Gasteiger partial charge in [0, 0.05) is 11.1 Å². The average Bonchev–Trinajstić information content (AvgIpc) is 2.77. The number of aromatic carboxylic acids is 1. The minimum absolute atomic E-state index is 0.0690. The number of rotatable bonds is 4. The summed E-state index contributed by atoms with van der Waals surface area (Å²) in [5.74, 6) is -1.81. The van der Waals surface area contributed by atoms with Crippen LogP contribution in [0.1, 0.15) is 20.8 Å². The third kappa shape index (κ3) is 3.11. The van der Waals surface area contributed by atoms with Crippen molar-refractivity contribution in [3.63, 3.8) is 0 Å². The van der Waals surface area contributed by atoms with Crippen LogP contribution in [0.2, 0.25) is 4.47 Å². The Morgan fingerprint density at radius 1 is 1.65 bits per heavy atom. The Bertz CT molecular complexity index is 678. The van der Waals surface area contributed by atoms with Crippen molar-refractivity contribution >= 4 is 50.5 Å². The quantitative estimate of drug-likeness (QED) is 0.830. The smallest absolute Gasteiger partial charge is 0.339 e. The first-order valence-corrected chi connectivity index (χ1v) is 7.45. The molecule has 20 heavy (non-hydrogen) atoms. The summed E-state index contributed by atoms with van der Waals surface area (Å²) in [6, 6.07) is 1.28. The van der Waals surface area contributed by atoms with Crippen LogP contribution in [0.4, 0.5) is 10.1 Å². The van der Waals surface area contributed by atoms with E-state index in [0.717, 1.165) is 4.88 Å². The Morgan fingerprint density at radius 3 is 2.90 bits per heavy atom. The van der Waals surface area contributed by atoms with Gasteiger partial charge in [-0.2, -0.15) is 0 Å². The van der Waals surface area contributed by atoms with Crippen LogP contribution in [0.25, 0.3) is 0 Å². The zero-order valence-electron chi connectivity index (χ0n) is 10.2. The maximum Gasteiger partial charge on any atom is 0.339 e. The second-order valence-corrected chi connectivity index (χ2v) is 6.47. The predicted molar refractivity (Wildman–Crippen MR) is 80.2 cm³/mol. The van der Waals surface area contributed by atoms with Gasteiger partial charge in [0.1, 0.15) is 5.82 Å². The molecular weight excluding hydrogens is 371 g/mol. The fourth-order valence-electron chi connectivity index (χ4n) is 1.72. The minimum atomic E-state index is -1.20. The lowest BCUT2D eigenvalue weighted by molar-refractivity contribution is 0.0696. The summed E-state index contributed by atoms with van der Waals surface area (Å²) in [7, 11) is 0. The van der Waals surface area contributed by atoms with Crippen LogP contribution in [-0.4, -0.2) is 16.1 Å². The molecule has 0 aliphatic rings. The molecule has 2 rings (SSSR count). The Balaban J connectivity index is 2.35. The van der Waals surface area contributed by atoms with Crippen molar-refractivity contribution in [2.24, 2.45) is 0 Å². The number of anilines is 1. The molecule has 2 N–H and O–H groups in total. The molecule has 1 aromatic carbocycles. The number of carbonyl (C=O) groups is 1. The molecule has 0 saturated carbocycles. The molecule has 106 valence electrons. The highest BCUT2D eigenvalue weighted by Gasteiger charge is 2.20. The van der Waals surface area contributed by atoms with Crippen LogP contribution in [0.3, 0.4) is 0 Å². The summed E-state index contributed by atoms with van der Waals surface area (Å²) in [5.41, 5.74) is 0.757. The third-order valence-electron chi connectivity index (χ3n) is 2.60. The molecule has 8 heteroatoms. The Morgan fingerprint density at radius 2 is 2.35 bits per heavy atom. The molecule has 4 nitrogen and oxygen atoms in total. The lowest BCUT2D eigenvalue weighted by atomic mass is 10.1. The number of aryl methyl sites for hydroxylation is 1. The molecule has 0 fully saturated rings. The topological polar surface area (TPSA) is 62.2 Å². The van der Waals surface area contributed by atoms with Crippen molar-refractivity contribution in [1.82, 2.24) is 4.98 Å². The molecule has 0 atom stereocenters. The van der Waals surface area contributed by atoms with Crippen LogP contribution < -0.4 is 5.32 Å². The van der Waals surface area contributed by atoms with Crippen molar-refractivity contribution in [1.29, 1.82) is 0 Å². The molecular formula is C12H9BrClFN2O2S. The van der Waals surface area contributed by atoms with E-state index in [4.69, 9.17) is 11.6 Å². The van der Waals surface area contributed by atoms with Crippen molar-refractivity contribution in [3.8, 4) is 0 Å². The molecule has 0 unspecified atom stereocenters. The maximum absolute atomic E-state index is 13.6. The van der Waals surface area contributed by atoms with Gasteiger partial charge >= 0.3 is 5.97 Å². The Kier molecular flexibility index (Phi) is 4.62. The lowest BCUT2D eigenvalue weighted by Crippen LogP contribution is -2.09. The molecule has 0 saturated heterocycles. The van der Waals surface area contributed by atoms with E-state index in [1.165, 1.54) is 17.4 Å². The molecule has 1 aromatic heterocycles. The van der Waals surface area contributed by atoms with Crippen molar-refractivity contribution < 1.29 is 14.3 Å². The molecule has 0 amide bonds. The SMILES string of the molecule is Cc1cc(F)c(Br)c(C(=O)O)c1NCc1cnc(Cl)s1. The minimum Gasteiger partial charge on any atom is -0.478 e. The second-order valence-electron chi connectivity index (χ2n) is 3.98. The standard InChI is InChI=1S/C12H9BrClFN2O2S/c1-5-2-7(15)9(13)8(11(18)19)10(5)16-3-6-4-17-12(14)20-6/h2,4,16H,3H2,1H3,(H,18,19). The van der Waals surface area contributed by atoms with Crippen molar-refractivity contribution in [2.45, 2.75) is 13.5 Å². The van der Waals surface area contributed by atoms with Crippen molar-refractivity contribution in [3.05, 3.63) is 43.0 Å². The number of benzene rings is 1. The first-order valence-electron chi connectivity index (χ1n) is 5.46. The number of hydrogen-bond donors (Lipinski definition) is 2.